The third-order valence-electron chi connectivity index (χ3n) is 0.167. The Balaban J connectivity index is 0. The largest absolute Gasteiger partial charge is 0.400 e. The zero-order valence-electron chi connectivity index (χ0n) is 4.14. The lowest BCUT2D eigenvalue weighted by atomic mass is 10.6. The predicted octanol–water partition coefficient (Wildman–Crippen LogP) is 0.204. The Labute approximate surface area is 37.8 Å². The second kappa shape index (κ2) is 23.0. The van der Waals surface area contributed by atoms with Gasteiger partial charge in [-0.3, -0.25) is 0 Å². The van der Waals surface area contributed by atoms with Crippen LogP contribution in [0.1, 0.15) is 13.3 Å². The van der Waals surface area contributed by atoms with Gasteiger partial charge in [-0.1, -0.05) is 6.92 Å². The van der Waals surface area contributed by atoms with E-state index < -0.39 is 0 Å². The molecule has 1 N–H and O–H groups in total. The average Bonchev–Trinajstić information content (AvgIpc) is 1.72. The average molecular weight is 90.1 g/mol. The molecule has 6 heavy (non-hydrogen) atoms. The minimum atomic E-state index is 0.639. The molecule has 0 unspecified atom stereocenters. The Hall–Kier alpha value is -0.370. The topological polar surface area (TPSA) is 37.3 Å². The second-order valence-electron chi connectivity index (χ2n) is 0.575. The molecule has 0 aliphatic heterocycles. The second-order valence-corrected chi connectivity index (χ2v) is 0.575. The summed E-state index contributed by atoms with van der Waals surface area (Å²) in [4.78, 5) is 9.17. The normalized spacial score (nSPS) is 5.17. The molecule has 0 aliphatic rings. The van der Waals surface area contributed by atoms with Crippen molar-refractivity contribution in [2.24, 2.45) is 0 Å². The van der Waals surface area contributed by atoms with Gasteiger partial charge in [-0.05, 0) is 0 Å². The lowest BCUT2D eigenvalue weighted by molar-refractivity contribution is -0.107. The van der Waals surface area contributed by atoms with E-state index in [0.717, 1.165) is 13.4 Å². The molecular weight excluding hydrogens is 80.0 g/mol. The molecule has 2 heteroatoms. The first-order valence-corrected chi connectivity index (χ1v) is 1.80. The number of carbonyl (C=O) groups is 1. The Morgan fingerprint density at radius 3 is 1.83 bits per heavy atom. The number of carbonyl (C=O) groups excluding carboxylic acids is 1. The van der Waals surface area contributed by atoms with Crippen LogP contribution in [0.3, 0.4) is 0 Å². The zero-order chi connectivity index (χ0) is 5.41. The van der Waals surface area contributed by atoms with E-state index in [1.807, 2.05) is 6.92 Å². The Bertz CT molecular complexity index is 19.5. The fraction of sp³-hybridized carbons (Fsp3) is 0.750. The highest BCUT2D eigenvalue weighted by molar-refractivity contribution is 5.48. The lowest BCUT2D eigenvalue weighted by Gasteiger charge is -1.51. The van der Waals surface area contributed by atoms with Crippen LogP contribution in [0.25, 0.3) is 0 Å². The maximum absolute atomic E-state index is 9.17. The monoisotopic (exact) mass is 90.1 g/mol. The van der Waals surface area contributed by atoms with E-state index in [1.54, 1.807) is 0 Å². The molecular formula is C4H10O2. The van der Waals surface area contributed by atoms with Crippen molar-refractivity contribution in [1.82, 2.24) is 0 Å². The standard InChI is InChI=1S/C3H6O.CH4O/c1-2-3-4;1-2/h3H,2H2,1H3;2H,1H3. The van der Waals surface area contributed by atoms with Crippen LogP contribution in [-0.2, 0) is 4.79 Å². The van der Waals surface area contributed by atoms with Crippen molar-refractivity contribution < 1.29 is 9.90 Å². The van der Waals surface area contributed by atoms with Crippen molar-refractivity contribution in [1.29, 1.82) is 0 Å². The number of rotatable bonds is 1. The minimum absolute atomic E-state index is 0.639. The van der Waals surface area contributed by atoms with Gasteiger partial charge in [0.05, 0.1) is 0 Å². The highest BCUT2D eigenvalue weighted by atomic mass is 16.2. The van der Waals surface area contributed by atoms with E-state index >= 15 is 0 Å². The van der Waals surface area contributed by atoms with Gasteiger partial charge in [0.15, 0.2) is 0 Å². The number of hydrogen-bond donors (Lipinski definition) is 1. The maximum Gasteiger partial charge on any atom is 0.119 e. The SMILES string of the molecule is CCC=O.CO. The molecule has 0 saturated heterocycles. The summed E-state index contributed by atoms with van der Waals surface area (Å²) in [6.07, 6.45) is 1.51. The van der Waals surface area contributed by atoms with Crippen molar-refractivity contribution in [3.05, 3.63) is 0 Å². The van der Waals surface area contributed by atoms with Crippen LogP contribution in [0.2, 0.25) is 0 Å². The van der Waals surface area contributed by atoms with Gasteiger partial charge in [-0.25, -0.2) is 0 Å². The summed E-state index contributed by atoms with van der Waals surface area (Å²) >= 11 is 0. The summed E-state index contributed by atoms with van der Waals surface area (Å²) in [5, 5.41) is 7.00. The van der Waals surface area contributed by atoms with Gasteiger partial charge in [0, 0.05) is 13.5 Å². The molecule has 0 rings (SSSR count). The highest BCUT2D eigenvalue weighted by Gasteiger charge is 1.52. The fourth-order valence-electron chi connectivity index (χ4n) is 0. The van der Waals surface area contributed by atoms with Gasteiger partial charge in [0.25, 0.3) is 0 Å². The van der Waals surface area contributed by atoms with Crippen molar-refractivity contribution in [3.8, 4) is 0 Å². The maximum atomic E-state index is 9.17. The van der Waals surface area contributed by atoms with Crippen molar-refractivity contribution in [2.45, 2.75) is 13.3 Å². The van der Waals surface area contributed by atoms with E-state index in [1.165, 1.54) is 0 Å². The van der Waals surface area contributed by atoms with Crippen LogP contribution in [0.15, 0.2) is 0 Å². The summed E-state index contributed by atoms with van der Waals surface area (Å²) < 4.78 is 0. The van der Waals surface area contributed by atoms with E-state index in [-0.39, 0.29) is 0 Å². The van der Waals surface area contributed by atoms with Gasteiger partial charge in [0.2, 0.25) is 0 Å². The summed E-state index contributed by atoms with van der Waals surface area (Å²) in [6.45, 7) is 1.81. The zero-order valence-corrected chi connectivity index (χ0v) is 4.14. The molecule has 0 fully saturated rings. The Morgan fingerprint density at radius 1 is 1.67 bits per heavy atom. The van der Waals surface area contributed by atoms with Crippen LogP contribution in [0.4, 0.5) is 0 Å². The minimum Gasteiger partial charge on any atom is -0.400 e. The molecule has 0 aromatic rings. The lowest BCUT2D eigenvalue weighted by Crippen LogP contribution is -1.55. The number of aliphatic hydroxyl groups excluding tert-OH is 1. The van der Waals surface area contributed by atoms with Crippen molar-refractivity contribution >= 4 is 6.29 Å². The fourth-order valence-corrected chi connectivity index (χ4v) is 0. The predicted molar refractivity (Wildman–Crippen MR) is 24.5 cm³/mol. The van der Waals surface area contributed by atoms with Crippen molar-refractivity contribution in [3.63, 3.8) is 0 Å². The molecule has 0 amide bonds. The van der Waals surface area contributed by atoms with Gasteiger partial charge >= 0.3 is 0 Å². The number of aliphatic hydroxyl groups is 1. The summed E-state index contributed by atoms with van der Waals surface area (Å²) in [5.74, 6) is 0. The highest BCUT2D eigenvalue weighted by Crippen LogP contribution is 1.53. The van der Waals surface area contributed by atoms with Crippen molar-refractivity contribution in [2.75, 3.05) is 7.11 Å². The van der Waals surface area contributed by atoms with Gasteiger partial charge in [-0.15, -0.1) is 0 Å². The van der Waals surface area contributed by atoms with E-state index in [9.17, 15) is 4.79 Å². The van der Waals surface area contributed by atoms with E-state index in [0.29, 0.717) is 6.42 Å². The van der Waals surface area contributed by atoms with Crippen LogP contribution >= 0.6 is 0 Å². The molecule has 38 valence electrons. The molecule has 0 heterocycles. The molecule has 0 aromatic heterocycles. The van der Waals surface area contributed by atoms with Gasteiger partial charge in [-0.2, -0.15) is 0 Å². The van der Waals surface area contributed by atoms with Gasteiger partial charge < -0.3 is 9.90 Å². The first kappa shape index (κ1) is 9.16. The molecule has 0 saturated carbocycles. The molecule has 0 aliphatic carbocycles. The summed E-state index contributed by atoms with van der Waals surface area (Å²) in [5.41, 5.74) is 0. The number of aldehydes is 1. The number of hydrogen-bond acceptors (Lipinski definition) is 2. The van der Waals surface area contributed by atoms with Crippen LogP contribution in [0.5, 0.6) is 0 Å². The smallest absolute Gasteiger partial charge is 0.119 e. The third kappa shape index (κ3) is 63.3. The molecule has 0 bridgehead atoms. The molecule has 0 spiro atoms. The van der Waals surface area contributed by atoms with E-state index in [2.05, 4.69) is 0 Å². The van der Waals surface area contributed by atoms with E-state index in [4.69, 9.17) is 5.11 Å². The van der Waals surface area contributed by atoms with Crippen LogP contribution in [-0.4, -0.2) is 18.5 Å². The first-order chi connectivity index (χ1) is 2.91. The first-order valence-electron chi connectivity index (χ1n) is 1.80. The Morgan fingerprint density at radius 2 is 1.83 bits per heavy atom. The van der Waals surface area contributed by atoms with Gasteiger partial charge in [0.1, 0.15) is 6.29 Å². The van der Waals surface area contributed by atoms with Crippen LogP contribution in [0, 0.1) is 0 Å². The molecule has 0 radical (unpaired) electrons. The molecule has 0 aromatic carbocycles. The summed E-state index contributed by atoms with van der Waals surface area (Å²) in [6, 6.07) is 0. The quantitative estimate of drug-likeness (QED) is 0.467. The third-order valence-corrected chi connectivity index (χ3v) is 0.167. The Kier molecular flexibility index (Phi) is 35.1. The molecule has 2 nitrogen and oxygen atoms in total. The van der Waals surface area contributed by atoms with Crippen LogP contribution < -0.4 is 0 Å². The summed E-state index contributed by atoms with van der Waals surface area (Å²) in [7, 11) is 1.00. The molecule has 0 atom stereocenters.